The molecule has 0 spiro atoms. The SMILES string of the molecule is CNC(=O)C1CCCN1C(=O)C1(C(N)=S)CC(C)C1. The molecule has 2 fully saturated rings. The van der Waals surface area contributed by atoms with E-state index >= 15 is 0 Å². The summed E-state index contributed by atoms with van der Waals surface area (Å²) in [5, 5.41) is 2.62. The number of amides is 2. The molecular weight excluding hydrogens is 262 g/mol. The van der Waals surface area contributed by atoms with Crippen molar-refractivity contribution < 1.29 is 9.59 Å². The summed E-state index contributed by atoms with van der Waals surface area (Å²) in [5.74, 6) is 0.312. The van der Waals surface area contributed by atoms with Crippen LogP contribution < -0.4 is 11.1 Å². The third-order valence-electron chi connectivity index (χ3n) is 4.34. The minimum Gasteiger partial charge on any atom is -0.392 e. The van der Waals surface area contributed by atoms with Crippen molar-refractivity contribution in [2.24, 2.45) is 17.1 Å². The first kappa shape index (κ1) is 14.2. The summed E-state index contributed by atoms with van der Waals surface area (Å²) >= 11 is 5.11. The van der Waals surface area contributed by atoms with Crippen LogP contribution in [0.25, 0.3) is 0 Å². The smallest absolute Gasteiger partial charge is 0.242 e. The van der Waals surface area contributed by atoms with Crippen LogP contribution in [0.1, 0.15) is 32.6 Å². The zero-order valence-electron chi connectivity index (χ0n) is 11.4. The molecule has 0 radical (unpaired) electrons. The van der Waals surface area contributed by atoms with Crippen LogP contribution in [0.5, 0.6) is 0 Å². The van der Waals surface area contributed by atoms with E-state index < -0.39 is 5.41 Å². The van der Waals surface area contributed by atoms with Gasteiger partial charge in [0.2, 0.25) is 11.8 Å². The van der Waals surface area contributed by atoms with Gasteiger partial charge in [-0.3, -0.25) is 9.59 Å². The van der Waals surface area contributed by atoms with Crippen LogP contribution in [0.3, 0.4) is 0 Å². The Morgan fingerprint density at radius 3 is 2.53 bits per heavy atom. The first-order valence-electron chi connectivity index (χ1n) is 6.75. The lowest BCUT2D eigenvalue weighted by Crippen LogP contribution is -2.59. The van der Waals surface area contributed by atoms with Crippen LogP contribution in [0, 0.1) is 11.3 Å². The minimum atomic E-state index is -0.703. The Labute approximate surface area is 118 Å². The van der Waals surface area contributed by atoms with Crippen LogP contribution >= 0.6 is 12.2 Å². The highest BCUT2D eigenvalue weighted by molar-refractivity contribution is 7.80. The van der Waals surface area contributed by atoms with Gasteiger partial charge in [-0.25, -0.2) is 0 Å². The number of nitrogens with zero attached hydrogens (tertiary/aromatic N) is 1. The molecule has 0 bridgehead atoms. The molecule has 19 heavy (non-hydrogen) atoms. The third-order valence-corrected chi connectivity index (χ3v) is 4.73. The van der Waals surface area contributed by atoms with Gasteiger partial charge in [-0.05, 0) is 31.6 Å². The second-order valence-electron chi connectivity index (χ2n) is 5.73. The highest BCUT2D eigenvalue weighted by Crippen LogP contribution is 2.48. The average molecular weight is 283 g/mol. The quantitative estimate of drug-likeness (QED) is 0.736. The van der Waals surface area contributed by atoms with Crippen molar-refractivity contribution in [3.8, 4) is 0 Å². The fourth-order valence-corrected chi connectivity index (χ4v) is 3.59. The van der Waals surface area contributed by atoms with Crippen molar-refractivity contribution in [2.45, 2.75) is 38.6 Å². The number of likely N-dealkylation sites (tertiary alicyclic amines) is 1. The standard InChI is InChI=1S/C13H21N3O2S/c1-8-6-13(7-8,11(14)19)12(18)16-5-3-4-9(16)10(17)15-2/h8-9H,3-7H2,1-2H3,(H2,14,19)(H,15,17). The molecule has 6 heteroatoms. The van der Waals surface area contributed by atoms with Gasteiger partial charge in [-0.2, -0.15) is 0 Å². The van der Waals surface area contributed by atoms with Crippen LogP contribution in [-0.2, 0) is 9.59 Å². The summed E-state index contributed by atoms with van der Waals surface area (Å²) in [6.45, 7) is 2.71. The Kier molecular flexibility index (Phi) is 3.80. The van der Waals surface area contributed by atoms with E-state index in [-0.39, 0.29) is 22.8 Å². The molecule has 1 heterocycles. The van der Waals surface area contributed by atoms with Crippen molar-refractivity contribution in [3.63, 3.8) is 0 Å². The molecule has 1 unspecified atom stereocenters. The molecule has 1 saturated carbocycles. The predicted molar refractivity (Wildman–Crippen MR) is 76.4 cm³/mol. The number of hydrogen-bond acceptors (Lipinski definition) is 3. The van der Waals surface area contributed by atoms with E-state index in [1.807, 2.05) is 0 Å². The molecule has 3 N–H and O–H groups in total. The fraction of sp³-hybridized carbons (Fsp3) is 0.769. The number of nitrogens with two attached hydrogens (primary N) is 1. The second kappa shape index (κ2) is 5.07. The molecular formula is C13H21N3O2S. The maximum Gasteiger partial charge on any atom is 0.242 e. The van der Waals surface area contributed by atoms with Gasteiger partial charge in [0.25, 0.3) is 0 Å². The Balaban J connectivity index is 2.18. The van der Waals surface area contributed by atoms with Crippen molar-refractivity contribution >= 4 is 29.0 Å². The number of rotatable bonds is 3. The first-order chi connectivity index (χ1) is 8.92. The van der Waals surface area contributed by atoms with Crippen LogP contribution in [0.4, 0.5) is 0 Å². The van der Waals surface area contributed by atoms with E-state index in [1.165, 1.54) is 0 Å². The van der Waals surface area contributed by atoms with E-state index in [0.717, 1.165) is 6.42 Å². The van der Waals surface area contributed by atoms with Gasteiger partial charge in [0.1, 0.15) is 6.04 Å². The van der Waals surface area contributed by atoms with Crippen LogP contribution in [0.2, 0.25) is 0 Å². The molecule has 2 aliphatic rings. The average Bonchev–Trinajstić information content (AvgIpc) is 2.81. The first-order valence-corrected chi connectivity index (χ1v) is 7.16. The fourth-order valence-electron chi connectivity index (χ4n) is 3.34. The van der Waals surface area contributed by atoms with Crippen molar-refractivity contribution in [1.82, 2.24) is 10.2 Å². The lowest BCUT2D eigenvalue weighted by molar-refractivity contribution is -0.148. The van der Waals surface area contributed by atoms with Gasteiger partial charge in [-0.15, -0.1) is 0 Å². The predicted octanol–water partition coefficient (Wildman–Crippen LogP) is 0.426. The third kappa shape index (κ3) is 2.22. The van der Waals surface area contributed by atoms with Crippen molar-refractivity contribution in [1.29, 1.82) is 0 Å². The lowest BCUT2D eigenvalue weighted by Gasteiger charge is -2.46. The summed E-state index contributed by atoms with van der Waals surface area (Å²) in [4.78, 5) is 26.5. The van der Waals surface area contributed by atoms with Gasteiger partial charge in [-0.1, -0.05) is 19.1 Å². The van der Waals surface area contributed by atoms with Gasteiger partial charge in [0.15, 0.2) is 0 Å². The maximum absolute atomic E-state index is 12.7. The van der Waals surface area contributed by atoms with Crippen LogP contribution in [0.15, 0.2) is 0 Å². The van der Waals surface area contributed by atoms with Crippen LogP contribution in [-0.4, -0.2) is 41.3 Å². The highest BCUT2D eigenvalue weighted by Gasteiger charge is 2.54. The molecule has 0 aromatic carbocycles. The number of nitrogens with one attached hydrogen (secondary N) is 1. The summed E-state index contributed by atoms with van der Waals surface area (Å²) in [7, 11) is 1.60. The summed E-state index contributed by atoms with van der Waals surface area (Å²) in [5.41, 5.74) is 5.10. The molecule has 5 nitrogen and oxygen atoms in total. The number of thiocarbonyl (C=S) groups is 1. The van der Waals surface area contributed by atoms with E-state index in [2.05, 4.69) is 12.2 Å². The number of likely N-dealkylation sites (N-methyl/N-ethyl adjacent to an activating group) is 1. The minimum absolute atomic E-state index is 0.0517. The number of carbonyl (C=O) groups excluding carboxylic acids is 2. The topological polar surface area (TPSA) is 75.4 Å². The molecule has 0 aromatic heterocycles. The number of carbonyl (C=O) groups is 2. The molecule has 2 rings (SSSR count). The Morgan fingerprint density at radius 2 is 2.05 bits per heavy atom. The largest absolute Gasteiger partial charge is 0.392 e. The Hall–Kier alpha value is -1.17. The second-order valence-corrected chi connectivity index (χ2v) is 6.17. The molecule has 1 saturated heterocycles. The van der Waals surface area contributed by atoms with Gasteiger partial charge in [0.05, 0.1) is 10.4 Å². The Bertz CT molecular complexity index is 418. The lowest BCUT2D eigenvalue weighted by atomic mass is 9.61. The van der Waals surface area contributed by atoms with E-state index in [1.54, 1.807) is 11.9 Å². The van der Waals surface area contributed by atoms with E-state index in [0.29, 0.717) is 31.7 Å². The molecule has 1 aliphatic heterocycles. The van der Waals surface area contributed by atoms with Crippen molar-refractivity contribution in [3.05, 3.63) is 0 Å². The van der Waals surface area contributed by atoms with Gasteiger partial charge in [0, 0.05) is 13.6 Å². The zero-order chi connectivity index (χ0) is 14.2. The molecule has 1 aliphatic carbocycles. The normalized spacial score (nSPS) is 33.7. The summed E-state index contributed by atoms with van der Waals surface area (Å²) in [6, 6.07) is -0.361. The molecule has 106 valence electrons. The Morgan fingerprint density at radius 1 is 1.42 bits per heavy atom. The molecule has 2 amide bonds. The molecule has 0 aromatic rings. The maximum atomic E-state index is 12.7. The number of hydrogen-bond donors (Lipinski definition) is 2. The highest BCUT2D eigenvalue weighted by atomic mass is 32.1. The monoisotopic (exact) mass is 283 g/mol. The van der Waals surface area contributed by atoms with Crippen molar-refractivity contribution in [2.75, 3.05) is 13.6 Å². The molecule has 1 atom stereocenters. The van der Waals surface area contributed by atoms with E-state index in [4.69, 9.17) is 18.0 Å². The van der Waals surface area contributed by atoms with E-state index in [9.17, 15) is 9.59 Å². The van der Waals surface area contributed by atoms with Gasteiger partial charge < -0.3 is 16.0 Å². The zero-order valence-corrected chi connectivity index (χ0v) is 12.3. The van der Waals surface area contributed by atoms with Gasteiger partial charge >= 0.3 is 0 Å². The summed E-state index contributed by atoms with van der Waals surface area (Å²) in [6.07, 6.45) is 2.98. The summed E-state index contributed by atoms with van der Waals surface area (Å²) < 4.78 is 0.